The second kappa shape index (κ2) is 8.90. The van der Waals surface area contributed by atoms with Crippen molar-refractivity contribution in [3.05, 3.63) is 66.1 Å². The number of hydrogen-bond donors (Lipinski definition) is 3. The molecule has 1 aliphatic carbocycles. The largest absolute Gasteiger partial charge is 0.361 e. The van der Waals surface area contributed by atoms with E-state index in [-0.39, 0.29) is 23.8 Å². The van der Waals surface area contributed by atoms with Gasteiger partial charge in [-0.2, -0.15) is 0 Å². The number of pyridine rings is 1. The number of benzene rings is 1. The first kappa shape index (κ1) is 19.2. The predicted molar refractivity (Wildman–Crippen MR) is 112 cm³/mol. The van der Waals surface area contributed by atoms with Gasteiger partial charge in [0.25, 0.3) is 5.91 Å². The third-order valence-electron chi connectivity index (χ3n) is 5.66. The zero-order valence-corrected chi connectivity index (χ0v) is 16.4. The summed E-state index contributed by atoms with van der Waals surface area (Å²) < 4.78 is 0. The number of H-pyrrole nitrogens is 1. The van der Waals surface area contributed by atoms with E-state index in [0.717, 1.165) is 48.7 Å². The molecule has 150 valence electrons. The number of aromatic amines is 1. The Hall–Kier alpha value is -3.15. The summed E-state index contributed by atoms with van der Waals surface area (Å²) in [5.41, 5.74) is 2.68. The Kier molecular flexibility index (Phi) is 5.89. The normalized spacial score (nSPS) is 19.0. The van der Waals surface area contributed by atoms with Crippen LogP contribution in [-0.4, -0.2) is 34.4 Å². The lowest BCUT2D eigenvalue weighted by Gasteiger charge is -2.28. The fourth-order valence-corrected chi connectivity index (χ4v) is 3.97. The predicted octanol–water partition coefficient (Wildman–Crippen LogP) is 3.21. The molecular formula is C23H26N4O2. The van der Waals surface area contributed by atoms with E-state index in [1.54, 1.807) is 6.20 Å². The molecule has 29 heavy (non-hydrogen) atoms. The van der Waals surface area contributed by atoms with Crippen molar-refractivity contribution in [2.75, 3.05) is 6.54 Å². The first-order chi connectivity index (χ1) is 14.2. The van der Waals surface area contributed by atoms with Gasteiger partial charge >= 0.3 is 0 Å². The van der Waals surface area contributed by atoms with E-state index >= 15 is 0 Å². The third-order valence-corrected chi connectivity index (χ3v) is 5.66. The van der Waals surface area contributed by atoms with Crippen LogP contribution in [0, 0.1) is 5.92 Å². The average Bonchev–Trinajstić information content (AvgIpc) is 3.23. The molecule has 2 aromatic heterocycles. The van der Waals surface area contributed by atoms with E-state index in [1.165, 1.54) is 0 Å². The maximum Gasteiger partial charge on any atom is 0.251 e. The Morgan fingerprint density at radius 2 is 1.93 bits per heavy atom. The van der Waals surface area contributed by atoms with Crippen LogP contribution in [0.15, 0.2) is 54.9 Å². The van der Waals surface area contributed by atoms with Crippen LogP contribution in [0.4, 0.5) is 0 Å². The molecule has 0 bridgehead atoms. The first-order valence-electron chi connectivity index (χ1n) is 10.2. The zero-order chi connectivity index (χ0) is 20.1. The van der Waals surface area contributed by atoms with Crippen LogP contribution in [0.2, 0.25) is 0 Å². The summed E-state index contributed by atoms with van der Waals surface area (Å²) in [5, 5.41) is 7.19. The lowest BCUT2D eigenvalue weighted by molar-refractivity contribution is -0.126. The monoisotopic (exact) mass is 390 g/mol. The molecule has 6 nitrogen and oxygen atoms in total. The number of nitrogens with zero attached hydrogens (tertiary/aromatic N) is 1. The number of carbonyl (C=O) groups excluding carboxylic acids is 2. The van der Waals surface area contributed by atoms with E-state index in [0.29, 0.717) is 12.1 Å². The minimum atomic E-state index is -0.0450. The van der Waals surface area contributed by atoms with Crippen LogP contribution in [0.25, 0.3) is 10.9 Å². The SMILES string of the molecule is O=C(NC1CCC(C(=O)NCCc2ccccn2)CC1)c1ccc2[nH]ccc2c1. The van der Waals surface area contributed by atoms with Gasteiger partial charge in [0.05, 0.1) is 0 Å². The molecule has 4 rings (SSSR count). The van der Waals surface area contributed by atoms with Gasteiger partial charge in [-0.3, -0.25) is 14.6 Å². The summed E-state index contributed by atoms with van der Waals surface area (Å²) in [6.07, 6.45) is 7.64. The van der Waals surface area contributed by atoms with E-state index in [2.05, 4.69) is 20.6 Å². The molecule has 3 aromatic rings. The van der Waals surface area contributed by atoms with Crippen LogP contribution in [0.1, 0.15) is 41.7 Å². The van der Waals surface area contributed by atoms with Crippen molar-refractivity contribution in [2.24, 2.45) is 5.92 Å². The van der Waals surface area contributed by atoms with Gasteiger partial charge in [-0.05, 0) is 62.1 Å². The average molecular weight is 390 g/mol. The lowest BCUT2D eigenvalue weighted by atomic mass is 9.85. The van der Waals surface area contributed by atoms with Gasteiger partial charge in [0.1, 0.15) is 0 Å². The zero-order valence-electron chi connectivity index (χ0n) is 16.4. The molecule has 1 fully saturated rings. The lowest BCUT2D eigenvalue weighted by Crippen LogP contribution is -2.41. The number of nitrogens with one attached hydrogen (secondary N) is 3. The molecule has 0 unspecified atom stereocenters. The van der Waals surface area contributed by atoms with Gasteiger partial charge in [0.2, 0.25) is 5.91 Å². The Bertz CT molecular complexity index is 975. The van der Waals surface area contributed by atoms with Gasteiger partial charge in [-0.15, -0.1) is 0 Å². The van der Waals surface area contributed by atoms with Crippen LogP contribution < -0.4 is 10.6 Å². The molecule has 0 spiro atoms. The number of fused-ring (bicyclic) bond motifs is 1. The van der Waals surface area contributed by atoms with Crippen LogP contribution in [0.5, 0.6) is 0 Å². The van der Waals surface area contributed by atoms with E-state index < -0.39 is 0 Å². The Labute approximate surface area is 170 Å². The number of aromatic nitrogens is 2. The van der Waals surface area contributed by atoms with Crippen molar-refractivity contribution in [1.82, 2.24) is 20.6 Å². The van der Waals surface area contributed by atoms with Crippen LogP contribution >= 0.6 is 0 Å². The van der Waals surface area contributed by atoms with Gasteiger partial charge in [0, 0.05) is 59.5 Å². The second-order valence-corrected chi connectivity index (χ2v) is 7.66. The molecule has 0 radical (unpaired) electrons. The van der Waals surface area contributed by atoms with Crippen molar-refractivity contribution in [1.29, 1.82) is 0 Å². The molecule has 0 saturated heterocycles. The first-order valence-corrected chi connectivity index (χ1v) is 10.2. The van der Waals surface area contributed by atoms with Crippen molar-refractivity contribution >= 4 is 22.7 Å². The number of carbonyl (C=O) groups is 2. The van der Waals surface area contributed by atoms with Gasteiger partial charge in [-0.1, -0.05) is 6.07 Å². The quantitative estimate of drug-likeness (QED) is 0.604. The van der Waals surface area contributed by atoms with E-state index in [4.69, 9.17) is 0 Å². The maximum atomic E-state index is 12.6. The fourth-order valence-electron chi connectivity index (χ4n) is 3.97. The standard InChI is InChI=1S/C23H26N4O2/c28-22(26-14-11-19-3-1-2-12-24-19)16-4-7-20(8-5-16)27-23(29)18-6-9-21-17(15-18)10-13-25-21/h1-3,6,9-10,12-13,15-16,20,25H,4-5,7-8,11,14H2,(H,26,28)(H,27,29). The molecule has 6 heteroatoms. The minimum Gasteiger partial charge on any atom is -0.361 e. The van der Waals surface area contributed by atoms with Crippen molar-refractivity contribution in [3.8, 4) is 0 Å². The molecule has 1 aliphatic rings. The van der Waals surface area contributed by atoms with Crippen molar-refractivity contribution in [2.45, 2.75) is 38.1 Å². The number of amides is 2. The Morgan fingerprint density at radius 1 is 1.07 bits per heavy atom. The van der Waals surface area contributed by atoms with Crippen molar-refractivity contribution < 1.29 is 9.59 Å². The molecule has 1 aromatic carbocycles. The van der Waals surface area contributed by atoms with Gasteiger partial charge in [-0.25, -0.2) is 0 Å². The molecule has 2 heterocycles. The second-order valence-electron chi connectivity index (χ2n) is 7.66. The smallest absolute Gasteiger partial charge is 0.251 e. The summed E-state index contributed by atoms with van der Waals surface area (Å²) in [4.78, 5) is 32.4. The molecule has 1 saturated carbocycles. The summed E-state index contributed by atoms with van der Waals surface area (Å²) in [7, 11) is 0. The van der Waals surface area contributed by atoms with Gasteiger partial charge in [0.15, 0.2) is 0 Å². The molecular weight excluding hydrogens is 364 g/mol. The topological polar surface area (TPSA) is 86.9 Å². The van der Waals surface area contributed by atoms with E-state index in [9.17, 15) is 9.59 Å². The molecule has 3 N–H and O–H groups in total. The molecule has 2 amide bonds. The highest BCUT2D eigenvalue weighted by Gasteiger charge is 2.27. The summed E-state index contributed by atoms with van der Waals surface area (Å²) in [5.74, 6) is 0.100. The molecule has 0 aliphatic heterocycles. The summed E-state index contributed by atoms with van der Waals surface area (Å²) >= 11 is 0. The Balaban J connectivity index is 1.21. The van der Waals surface area contributed by atoms with Gasteiger partial charge < -0.3 is 15.6 Å². The number of rotatable bonds is 6. The van der Waals surface area contributed by atoms with Crippen LogP contribution in [0.3, 0.4) is 0 Å². The minimum absolute atomic E-state index is 0.0306. The third kappa shape index (κ3) is 4.83. The van der Waals surface area contributed by atoms with E-state index in [1.807, 2.05) is 48.7 Å². The highest BCUT2D eigenvalue weighted by Crippen LogP contribution is 2.25. The fraction of sp³-hybridized carbons (Fsp3) is 0.348. The van der Waals surface area contributed by atoms with Crippen molar-refractivity contribution in [3.63, 3.8) is 0 Å². The Morgan fingerprint density at radius 3 is 2.72 bits per heavy atom. The highest BCUT2D eigenvalue weighted by molar-refractivity contribution is 5.98. The maximum absolute atomic E-state index is 12.6. The highest BCUT2D eigenvalue weighted by atomic mass is 16.2. The molecule has 0 atom stereocenters. The number of hydrogen-bond acceptors (Lipinski definition) is 3. The summed E-state index contributed by atoms with van der Waals surface area (Å²) in [6.45, 7) is 0.605. The van der Waals surface area contributed by atoms with Crippen LogP contribution in [-0.2, 0) is 11.2 Å². The summed E-state index contributed by atoms with van der Waals surface area (Å²) in [6, 6.07) is 13.6.